The lowest BCUT2D eigenvalue weighted by Gasteiger charge is -1.92. The van der Waals surface area contributed by atoms with Gasteiger partial charge in [-0.05, 0) is 30.3 Å². The van der Waals surface area contributed by atoms with Crippen molar-refractivity contribution in [1.29, 1.82) is 0 Å². The molecule has 0 saturated carbocycles. The zero-order valence-electron chi connectivity index (χ0n) is 12.0. The van der Waals surface area contributed by atoms with Crippen molar-refractivity contribution in [2.75, 3.05) is 0 Å². The van der Waals surface area contributed by atoms with Crippen LogP contribution in [0.2, 0.25) is 0 Å². The molecule has 0 spiro atoms. The minimum absolute atomic E-state index is 1.05. The van der Waals surface area contributed by atoms with Crippen LogP contribution in [0.4, 0.5) is 0 Å². The van der Waals surface area contributed by atoms with E-state index in [1.54, 1.807) is 11.3 Å². The molecule has 0 bridgehead atoms. The number of nitrogens with zero attached hydrogens (tertiary/aromatic N) is 1. The quantitative estimate of drug-likeness (QED) is 0.361. The van der Waals surface area contributed by atoms with E-state index in [-0.39, 0.29) is 0 Å². The largest absolute Gasteiger partial charge is 0.353 e. The van der Waals surface area contributed by atoms with Gasteiger partial charge in [0.1, 0.15) is 5.01 Å². The molecule has 0 saturated heterocycles. The molecule has 5 rings (SSSR count). The molecule has 4 heteroatoms. The fraction of sp³-hybridized carbons (Fsp3) is 0. The highest BCUT2D eigenvalue weighted by Gasteiger charge is 2.12. The lowest BCUT2D eigenvalue weighted by atomic mass is 10.1. The molecule has 5 aromatic rings. The van der Waals surface area contributed by atoms with Gasteiger partial charge in [-0.1, -0.05) is 46.3 Å². The Bertz CT molecular complexity index is 1170. The average Bonchev–Trinajstić information content (AvgIpc) is 3.16. The lowest BCUT2D eigenvalue weighted by Crippen LogP contribution is -1.73. The number of fused-ring (bicyclic) bond motifs is 5. The van der Waals surface area contributed by atoms with Crippen LogP contribution in [0, 0.1) is 0 Å². The normalized spacial score (nSPS) is 11.7. The summed E-state index contributed by atoms with van der Waals surface area (Å²) in [5.74, 6) is 0. The number of hydrogen-bond donors (Lipinski definition) is 1. The molecule has 0 aliphatic rings. The highest BCUT2D eigenvalue weighted by molar-refractivity contribution is 9.10. The molecule has 3 aromatic carbocycles. The summed E-state index contributed by atoms with van der Waals surface area (Å²) >= 11 is 5.31. The number of benzene rings is 3. The lowest BCUT2D eigenvalue weighted by molar-refractivity contribution is 1.48. The molecular formula is C19H11BrN2S. The van der Waals surface area contributed by atoms with Crippen LogP contribution >= 0.6 is 27.3 Å². The Balaban J connectivity index is 1.86. The fourth-order valence-electron chi connectivity index (χ4n) is 3.03. The van der Waals surface area contributed by atoms with Gasteiger partial charge in [0.2, 0.25) is 0 Å². The summed E-state index contributed by atoms with van der Waals surface area (Å²) in [5, 5.41) is 3.55. The van der Waals surface area contributed by atoms with E-state index in [2.05, 4.69) is 75.5 Å². The van der Waals surface area contributed by atoms with E-state index >= 15 is 0 Å². The number of nitrogens with one attached hydrogen (secondary N) is 1. The van der Waals surface area contributed by atoms with Crippen molar-refractivity contribution in [1.82, 2.24) is 9.97 Å². The maximum atomic E-state index is 4.81. The smallest absolute Gasteiger partial charge is 0.124 e. The van der Waals surface area contributed by atoms with Gasteiger partial charge in [-0.2, -0.15) is 0 Å². The molecule has 0 fully saturated rings. The second-order valence-electron chi connectivity index (χ2n) is 5.54. The van der Waals surface area contributed by atoms with Crippen molar-refractivity contribution < 1.29 is 0 Å². The number of H-pyrrole nitrogens is 1. The standard InChI is InChI=1S/C19H11BrN2S/c20-12-6-8-15-14(10-12)13-7-9-16-18(17(13)21-15)23-19(22-16)11-4-2-1-3-5-11/h1-10,21H. The maximum absolute atomic E-state index is 4.81. The summed E-state index contributed by atoms with van der Waals surface area (Å²) in [7, 11) is 0. The van der Waals surface area contributed by atoms with Crippen LogP contribution in [0.15, 0.2) is 65.1 Å². The Labute approximate surface area is 144 Å². The Kier molecular flexibility index (Phi) is 2.84. The summed E-state index contributed by atoms with van der Waals surface area (Å²) < 4.78 is 2.31. The minimum Gasteiger partial charge on any atom is -0.353 e. The van der Waals surface area contributed by atoms with Gasteiger partial charge in [0.25, 0.3) is 0 Å². The van der Waals surface area contributed by atoms with Crippen molar-refractivity contribution >= 4 is 59.3 Å². The summed E-state index contributed by atoms with van der Waals surface area (Å²) in [4.78, 5) is 8.37. The average molecular weight is 379 g/mol. The number of aromatic amines is 1. The third-order valence-corrected chi connectivity index (χ3v) is 5.74. The monoisotopic (exact) mass is 378 g/mol. The highest BCUT2D eigenvalue weighted by atomic mass is 79.9. The van der Waals surface area contributed by atoms with Gasteiger partial charge in [-0.3, -0.25) is 0 Å². The van der Waals surface area contributed by atoms with E-state index < -0.39 is 0 Å². The predicted molar refractivity (Wildman–Crippen MR) is 102 cm³/mol. The first-order valence-corrected chi connectivity index (χ1v) is 8.96. The van der Waals surface area contributed by atoms with Gasteiger partial charge >= 0.3 is 0 Å². The second kappa shape index (κ2) is 4.91. The number of halogens is 1. The molecule has 2 aromatic heterocycles. The minimum atomic E-state index is 1.05. The van der Waals surface area contributed by atoms with Crippen LogP contribution in [-0.2, 0) is 0 Å². The van der Waals surface area contributed by atoms with E-state index in [9.17, 15) is 0 Å². The number of hydrogen-bond acceptors (Lipinski definition) is 2. The Hall–Kier alpha value is -2.17. The van der Waals surface area contributed by atoms with E-state index in [4.69, 9.17) is 4.98 Å². The summed E-state index contributed by atoms with van der Waals surface area (Å²) in [6, 6.07) is 21.0. The molecular weight excluding hydrogens is 368 g/mol. The molecule has 0 unspecified atom stereocenters. The molecule has 1 N–H and O–H groups in total. The van der Waals surface area contributed by atoms with E-state index in [1.165, 1.54) is 26.6 Å². The zero-order valence-corrected chi connectivity index (χ0v) is 14.4. The molecule has 110 valence electrons. The van der Waals surface area contributed by atoms with Crippen molar-refractivity contribution in [3.8, 4) is 10.6 Å². The molecule has 0 atom stereocenters. The predicted octanol–water partition coefficient (Wildman–Crippen LogP) is 6.36. The first kappa shape index (κ1) is 13.3. The van der Waals surface area contributed by atoms with Crippen LogP contribution in [0.5, 0.6) is 0 Å². The summed E-state index contributed by atoms with van der Waals surface area (Å²) in [5.41, 5.74) is 4.55. The van der Waals surface area contributed by atoms with E-state index in [0.717, 1.165) is 20.5 Å². The maximum Gasteiger partial charge on any atom is 0.124 e. The first-order chi connectivity index (χ1) is 11.3. The van der Waals surface area contributed by atoms with Gasteiger partial charge in [-0.15, -0.1) is 11.3 Å². The molecule has 0 aliphatic carbocycles. The first-order valence-electron chi connectivity index (χ1n) is 7.35. The Morgan fingerprint density at radius 3 is 2.65 bits per heavy atom. The molecule has 2 nitrogen and oxygen atoms in total. The van der Waals surface area contributed by atoms with Crippen molar-refractivity contribution in [2.24, 2.45) is 0 Å². The molecule has 2 heterocycles. The number of aromatic nitrogens is 2. The second-order valence-corrected chi connectivity index (χ2v) is 7.45. The van der Waals surface area contributed by atoms with Gasteiger partial charge < -0.3 is 4.98 Å². The topological polar surface area (TPSA) is 28.7 Å². The number of thiazole rings is 1. The van der Waals surface area contributed by atoms with E-state index in [0.29, 0.717) is 0 Å². The Morgan fingerprint density at radius 2 is 1.78 bits per heavy atom. The van der Waals surface area contributed by atoms with Gasteiger partial charge in [-0.25, -0.2) is 4.98 Å². The van der Waals surface area contributed by atoms with Crippen LogP contribution in [0.25, 0.3) is 42.6 Å². The summed E-state index contributed by atoms with van der Waals surface area (Å²) in [6.45, 7) is 0. The van der Waals surface area contributed by atoms with Crippen LogP contribution < -0.4 is 0 Å². The SMILES string of the molecule is Brc1ccc2[nH]c3c(ccc4nc(-c5ccccc5)sc43)c2c1. The number of rotatable bonds is 1. The van der Waals surface area contributed by atoms with E-state index in [1.807, 2.05) is 6.07 Å². The van der Waals surface area contributed by atoms with Gasteiger partial charge in [0.05, 0.1) is 15.7 Å². The van der Waals surface area contributed by atoms with Crippen molar-refractivity contribution in [3.05, 3.63) is 65.1 Å². The third kappa shape index (κ3) is 2.02. The van der Waals surface area contributed by atoms with Crippen molar-refractivity contribution in [2.45, 2.75) is 0 Å². The van der Waals surface area contributed by atoms with Gasteiger partial charge in [0, 0.05) is 26.3 Å². The van der Waals surface area contributed by atoms with Gasteiger partial charge in [0.15, 0.2) is 0 Å². The molecule has 23 heavy (non-hydrogen) atoms. The van der Waals surface area contributed by atoms with Crippen LogP contribution in [0.3, 0.4) is 0 Å². The van der Waals surface area contributed by atoms with Crippen LogP contribution in [0.1, 0.15) is 0 Å². The third-order valence-electron chi connectivity index (χ3n) is 4.11. The van der Waals surface area contributed by atoms with Crippen LogP contribution in [-0.4, -0.2) is 9.97 Å². The Morgan fingerprint density at radius 1 is 0.913 bits per heavy atom. The zero-order chi connectivity index (χ0) is 15.4. The highest BCUT2D eigenvalue weighted by Crippen LogP contribution is 2.37. The molecule has 0 amide bonds. The summed E-state index contributed by atoms with van der Waals surface area (Å²) in [6.07, 6.45) is 0. The molecule has 0 radical (unpaired) electrons. The van der Waals surface area contributed by atoms with Crippen molar-refractivity contribution in [3.63, 3.8) is 0 Å². The fourth-order valence-corrected chi connectivity index (χ4v) is 4.46. The molecule has 0 aliphatic heterocycles.